The Labute approximate surface area is 183 Å². The molecule has 0 saturated carbocycles. The van der Waals surface area contributed by atoms with E-state index in [1.807, 2.05) is 73.8 Å². The molecule has 0 bridgehead atoms. The molecule has 0 radical (unpaired) electrons. The van der Waals surface area contributed by atoms with Gasteiger partial charge in [-0.2, -0.15) is 5.10 Å². The van der Waals surface area contributed by atoms with E-state index in [2.05, 4.69) is 30.9 Å². The molecule has 158 valence electrons. The fraction of sp³-hybridized carbons (Fsp3) is 0.0870. The summed E-state index contributed by atoms with van der Waals surface area (Å²) in [5.74, 6) is 1.79. The van der Waals surface area contributed by atoms with Crippen LogP contribution >= 0.6 is 0 Å². The number of anilines is 3. The summed E-state index contributed by atoms with van der Waals surface area (Å²) in [5, 5.41) is 15.2. The van der Waals surface area contributed by atoms with Gasteiger partial charge in [0.2, 0.25) is 5.91 Å². The molecular weight excluding hydrogens is 406 g/mol. The lowest BCUT2D eigenvalue weighted by Crippen LogP contribution is -2.14. The second-order valence-corrected chi connectivity index (χ2v) is 7.16. The summed E-state index contributed by atoms with van der Waals surface area (Å²) in [7, 11) is 0. The molecule has 2 aromatic carbocycles. The molecule has 1 amide bonds. The van der Waals surface area contributed by atoms with Crippen molar-refractivity contribution in [1.29, 1.82) is 0 Å². The highest BCUT2D eigenvalue weighted by Gasteiger charge is 2.12. The zero-order valence-corrected chi connectivity index (χ0v) is 17.2. The number of rotatable bonds is 6. The Morgan fingerprint density at radius 1 is 1.03 bits per heavy atom. The maximum Gasteiger partial charge on any atom is 0.230 e. The fourth-order valence-corrected chi connectivity index (χ4v) is 3.35. The van der Waals surface area contributed by atoms with Crippen molar-refractivity contribution < 1.29 is 9.32 Å². The molecule has 0 aliphatic carbocycles. The van der Waals surface area contributed by atoms with Crippen molar-refractivity contribution in [3.05, 3.63) is 84.6 Å². The number of nitrogens with zero attached hydrogens (tertiary/aromatic N) is 5. The summed E-state index contributed by atoms with van der Waals surface area (Å²) in [6.45, 7) is 1.83. The second-order valence-electron chi connectivity index (χ2n) is 7.16. The molecule has 0 aliphatic heterocycles. The van der Waals surface area contributed by atoms with Crippen molar-refractivity contribution >= 4 is 34.1 Å². The van der Waals surface area contributed by atoms with Gasteiger partial charge < -0.3 is 15.2 Å². The first-order valence-corrected chi connectivity index (χ1v) is 10.00. The van der Waals surface area contributed by atoms with E-state index in [-0.39, 0.29) is 12.3 Å². The number of benzene rings is 2. The molecular formula is C23H19N7O2. The topological polar surface area (TPSA) is 111 Å². The van der Waals surface area contributed by atoms with E-state index >= 15 is 0 Å². The molecule has 32 heavy (non-hydrogen) atoms. The van der Waals surface area contributed by atoms with Crippen molar-refractivity contribution in [2.75, 3.05) is 10.6 Å². The minimum absolute atomic E-state index is 0.132. The van der Waals surface area contributed by atoms with E-state index in [9.17, 15) is 4.79 Å². The zero-order chi connectivity index (χ0) is 21.9. The summed E-state index contributed by atoms with van der Waals surface area (Å²) < 4.78 is 6.94. The molecule has 3 heterocycles. The van der Waals surface area contributed by atoms with Crippen molar-refractivity contribution in [1.82, 2.24) is 24.9 Å². The first-order chi connectivity index (χ1) is 15.6. The molecule has 0 unspecified atom stereocenters. The van der Waals surface area contributed by atoms with E-state index in [1.54, 1.807) is 10.9 Å². The summed E-state index contributed by atoms with van der Waals surface area (Å²) in [5.41, 5.74) is 2.80. The molecule has 3 aromatic heterocycles. The zero-order valence-electron chi connectivity index (χ0n) is 17.2. The molecule has 5 aromatic rings. The Balaban J connectivity index is 1.25. The lowest BCUT2D eigenvalue weighted by atomic mass is 10.1. The Morgan fingerprint density at radius 3 is 2.66 bits per heavy atom. The van der Waals surface area contributed by atoms with Gasteiger partial charge in [0, 0.05) is 35.2 Å². The Bertz CT molecular complexity index is 1380. The van der Waals surface area contributed by atoms with Crippen molar-refractivity contribution in [2.45, 2.75) is 13.3 Å². The van der Waals surface area contributed by atoms with Crippen LogP contribution in [0.3, 0.4) is 0 Å². The Morgan fingerprint density at radius 2 is 1.84 bits per heavy atom. The Kier molecular flexibility index (Phi) is 5.04. The van der Waals surface area contributed by atoms with Crippen molar-refractivity contribution in [2.24, 2.45) is 0 Å². The van der Waals surface area contributed by atoms with Crippen LogP contribution < -0.4 is 10.6 Å². The maximum atomic E-state index is 12.5. The van der Waals surface area contributed by atoms with Gasteiger partial charge in [-0.1, -0.05) is 17.3 Å². The first kappa shape index (κ1) is 19.4. The number of para-hydroxylation sites is 1. The molecule has 0 spiro atoms. The number of fused-ring (bicyclic) bond motifs is 1. The van der Waals surface area contributed by atoms with E-state index < -0.39 is 0 Å². The predicted octanol–water partition coefficient (Wildman–Crippen LogP) is 4.04. The van der Waals surface area contributed by atoms with E-state index in [1.165, 1.54) is 0 Å². The minimum Gasteiger partial charge on any atom is -0.356 e. The standard InChI is InChI=1S/C23H19N7O2/c1-15-25-21(14-22(26-15)30-12-4-11-24-30)27-16-7-9-17(10-8-16)28-23(31)13-19-18-5-2-3-6-20(18)32-29-19/h2-12,14H,13H2,1H3,(H,28,31)(H,25,26,27). The quantitative estimate of drug-likeness (QED) is 0.422. The Hall–Kier alpha value is -4.53. The summed E-state index contributed by atoms with van der Waals surface area (Å²) >= 11 is 0. The largest absolute Gasteiger partial charge is 0.356 e. The second kappa shape index (κ2) is 8.31. The molecule has 0 atom stereocenters. The average molecular weight is 425 g/mol. The molecule has 5 rings (SSSR count). The van der Waals surface area contributed by atoms with Gasteiger partial charge in [0.15, 0.2) is 11.4 Å². The fourth-order valence-electron chi connectivity index (χ4n) is 3.35. The number of hydrogen-bond acceptors (Lipinski definition) is 7. The number of aryl methyl sites for hydroxylation is 1. The van der Waals surface area contributed by atoms with Crippen molar-refractivity contribution in [3.8, 4) is 5.82 Å². The normalized spacial score (nSPS) is 10.9. The molecule has 0 saturated heterocycles. The molecule has 9 heteroatoms. The van der Waals surface area contributed by atoms with Gasteiger partial charge in [-0.25, -0.2) is 14.6 Å². The molecule has 0 fully saturated rings. The number of carbonyl (C=O) groups excluding carboxylic acids is 1. The highest BCUT2D eigenvalue weighted by atomic mass is 16.5. The van der Waals surface area contributed by atoms with Crippen LogP contribution in [0.4, 0.5) is 17.2 Å². The summed E-state index contributed by atoms with van der Waals surface area (Å²) in [6.07, 6.45) is 3.65. The van der Waals surface area contributed by atoms with Gasteiger partial charge in [-0.15, -0.1) is 0 Å². The van der Waals surface area contributed by atoms with Gasteiger partial charge >= 0.3 is 0 Å². The van der Waals surface area contributed by atoms with Gasteiger partial charge in [0.1, 0.15) is 17.3 Å². The van der Waals surface area contributed by atoms with Gasteiger partial charge in [0.25, 0.3) is 0 Å². The van der Waals surface area contributed by atoms with E-state index in [4.69, 9.17) is 4.52 Å². The predicted molar refractivity (Wildman–Crippen MR) is 120 cm³/mol. The van der Waals surface area contributed by atoms with Crippen LogP contribution in [0.5, 0.6) is 0 Å². The lowest BCUT2D eigenvalue weighted by molar-refractivity contribution is -0.115. The summed E-state index contributed by atoms with van der Waals surface area (Å²) in [4.78, 5) is 21.3. The first-order valence-electron chi connectivity index (χ1n) is 10.00. The molecule has 9 nitrogen and oxygen atoms in total. The highest BCUT2D eigenvalue weighted by molar-refractivity contribution is 5.94. The maximum absolute atomic E-state index is 12.5. The minimum atomic E-state index is -0.167. The van der Waals surface area contributed by atoms with E-state index in [0.29, 0.717) is 34.4 Å². The van der Waals surface area contributed by atoms with Crippen LogP contribution in [0.25, 0.3) is 16.8 Å². The third kappa shape index (κ3) is 4.17. The summed E-state index contributed by atoms with van der Waals surface area (Å²) in [6, 6.07) is 18.5. The third-order valence-electron chi connectivity index (χ3n) is 4.78. The molecule has 0 aliphatic rings. The van der Waals surface area contributed by atoms with Crippen LogP contribution in [0.1, 0.15) is 11.5 Å². The highest BCUT2D eigenvalue weighted by Crippen LogP contribution is 2.21. The van der Waals surface area contributed by atoms with Crippen LogP contribution in [0, 0.1) is 6.92 Å². The van der Waals surface area contributed by atoms with Crippen LogP contribution in [0.2, 0.25) is 0 Å². The van der Waals surface area contributed by atoms with Crippen molar-refractivity contribution in [3.63, 3.8) is 0 Å². The molecule has 2 N–H and O–H groups in total. The van der Waals surface area contributed by atoms with Crippen LogP contribution in [-0.4, -0.2) is 30.8 Å². The number of carbonyl (C=O) groups is 1. The number of amides is 1. The number of hydrogen-bond donors (Lipinski definition) is 2. The van der Waals surface area contributed by atoms with Crippen LogP contribution in [0.15, 0.2) is 77.6 Å². The number of aromatic nitrogens is 5. The van der Waals surface area contributed by atoms with Gasteiger partial charge in [0.05, 0.1) is 6.42 Å². The lowest BCUT2D eigenvalue weighted by Gasteiger charge is -2.10. The SMILES string of the molecule is Cc1nc(Nc2ccc(NC(=O)Cc3noc4ccccc34)cc2)cc(-n2cccn2)n1. The smallest absolute Gasteiger partial charge is 0.230 e. The van der Waals surface area contributed by atoms with E-state index in [0.717, 1.165) is 11.1 Å². The van der Waals surface area contributed by atoms with Gasteiger partial charge in [-0.3, -0.25) is 4.79 Å². The average Bonchev–Trinajstić information content (AvgIpc) is 3.46. The number of nitrogens with one attached hydrogen (secondary N) is 2. The third-order valence-corrected chi connectivity index (χ3v) is 4.78. The van der Waals surface area contributed by atoms with Gasteiger partial charge in [-0.05, 0) is 49.4 Å². The van der Waals surface area contributed by atoms with Crippen LogP contribution in [-0.2, 0) is 11.2 Å². The monoisotopic (exact) mass is 425 g/mol.